The molecule has 1 aromatic rings. The van der Waals surface area contributed by atoms with Gasteiger partial charge in [-0.2, -0.15) is 0 Å². The lowest BCUT2D eigenvalue weighted by molar-refractivity contribution is 0.112. The summed E-state index contributed by atoms with van der Waals surface area (Å²) in [5, 5.41) is 4.48. The predicted molar refractivity (Wildman–Crippen MR) is 85.1 cm³/mol. The van der Waals surface area contributed by atoms with E-state index in [1.54, 1.807) is 6.20 Å². The summed E-state index contributed by atoms with van der Waals surface area (Å²) in [7, 11) is 0. The highest BCUT2D eigenvalue weighted by molar-refractivity contribution is 6.31. The number of hydrogen-bond donors (Lipinski definition) is 1. The van der Waals surface area contributed by atoms with Gasteiger partial charge in [-0.05, 0) is 24.5 Å². The van der Waals surface area contributed by atoms with Gasteiger partial charge in [-0.25, -0.2) is 0 Å². The molecule has 0 bridgehead atoms. The van der Waals surface area contributed by atoms with Crippen LogP contribution in [0.5, 0.6) is 0 Å². The Balaban J connectivity index is 2.05. The number of hydrogen-bond acceptors (Lipinski definition) is 3. The van der Waals surface area contributed by atoms with Crippen molar-refractivity contribution in [1.82, 2.24) is 15.2 Å². The van der Waals surface area contributed by atoms with Crippen molar-refractivity contribution in [2.75, 3.05) is 13.1 Å². The fraction of sp³-hybridized carbons (Fsp3) is 0.688. The first kappa shape index (κ1) is 15.7. The van der Waals surface area contributed by atoms with Gasteiger partial charge in [0, 0.05) is 44.1 Å². The number of rotatable bonds is 6. The highest BCUT2D eigenvalue weighted by Gasteiger charge is 2.27. The number of nitrogens with zero attached hydrogens (tertiary/aromatic N) is 2. The standard InChI is InChI=1S/C16H26ClN3/c1-3-5-14-12-20(15(6-4-2)9-19-14)11-13-7-8-18-10-16(13)17/h7-8,10,14-15,19H,3-6,9,11-12H2,1-2H3. The predicted octanol–water partition coefficient (Wildman–Crippen LogP) is 3.48. The maximum absolute atomic E-state index is 6.26. The van der Waals surface area contributed by atoms with Crippen molar-refractivity contribution in [2.45, 2.75) is 58.2 Å². The third-order valence-electron chi connectivity index (χ3n) is 4.10. The van der Waals surface area contributed by atoms with E-state index in [-0.39, 0.29) is 0 Å². The molecule has 0 aromatic carbocycles. The van der Waals surface area contributed by atoms with E-state index >= 15 is 0 Å². The molecule has 4 heteroatoms. The molecule has 0 saturated carbocycles. The molecule has 1 fully saturated rings. The molecule has 1 N–H and O–H groups in total. The normalized spacial score (nSPS) is 23.9. The maximum atomic E-state index is 6.26. The van der Waals surface area contributed by atoms with Crippen molar-refractivity contribution in [1.29, 1.82) is 0 Å². The van der Waals surface area contributed by atoms with Crippen LogP contribution in [-0.2, 0) is 6.54 Å². The summed E-state index contributed by atoms with van der Waals surface area (Å²) >= 11 is 6.26. The fourth-order valence-electron chi connectivity index (χ4n) is 3.03. The first-order valence-corrected chi connectivity index (χ1v) is 8.18. The van der Waals surface area contributed by atoms with Crippen molar-refractivity contribution >= 4 is 11.6 Å². The molecule has 1 aromatic heterocycles. The first-order chi connectivity index (χ1) is 9.74. The molecular formula is C16H26ClN3. The monoisotopic (exact) mass is 295 g/mol. The number of piperazine rings is 1. The molecule has 1 aliphatic heterocycles. The van der Waals surface area contributed by atoms with E-state index in [0.29, 0.717) is 12.1 Å². The van der Waals surface area contributed by atoms with Crippen LogP contribution >= 0.6 is 11.6 Å². The van der Waals surface area contributed by atoms with Gasteiger partial charge in [0.1, 0.15) is 0 Å². The molecule has 2 rings (SSSR count). The highest BCUT2D eigenvalue weighted by Crippen LogP contribution is 2.21. The van der Waals surface area contributed by atoms with Gasteiger partial charge in [0.2, 0.25) is 0 Å². The molecule has 2 heterocycles. The zero-order valence-corrected chi connectivity index (χ0v) is 13.4. The number of aromatic nitrogens is 1. The van der Waals surface area contributed by atoms with E-state index in [0.717, 1.165) is 24.7 Å². The van der Waals surface area contributed by atoms with Crippen LogP contribution in [0.15, 0.2) is 18.5 Å². The smallest absolute Gasteiger partial charge is 0.0634 e. The van der Waals surface area contributed by atoms with Gasteiger partial charge in [0.05, 0.1) is 5.02 Å². The van der Waals surface area contributed by atoms with Crippen molar-refractivity contribution in [2.24, 2.45) is 0 Å². The molecule has 112 valence electrons. The molecule has 2 unspecified atom stereocenters. The Bertz CT molecular complexity index is 410. The van der Waals surface area contributed by atoms with Crippen LogP contribution in [0.25, 0.3) is 0 Å². The molecule has 0 spiro atoms. The molecule has 0 radical (unpaired) electrons. The van der Waals surface area contributed by atoms with Gasteiger partial charge in [0.15, 0.2) is 0 Å². The zero-order chi connectivity index (χ0) is 14.4. The van der Waals surface area contributed by atoms with Gasteiger partial charge in [-0.3, -0.25) is 9.88 Å². The maximum Gasteiger partial charge on any atom is 0.0634 e. The van der Waals surface area contributed by atoms with E-state index in [9.17, 15) is 0 Å². The SMILES string of the molecule is CCCC1CN(Cc2ccncc2Cl)C(CCC)CN1. The van der Waals surface area contributed by atoms with Gasteiger partial charge in [-0.15, -0.1) is 0 Å². The Kier molecular flexibility index (Phi) is 6.27. The van der Waals surface area contributed by atoms with Crippen molar-refractivity contribution in [3.63, 3.8) is 0 Å². The van der Waals surface area contributed by atoms with Crippen molar-refractivity contribution < 1.29 is 0 Å². The second kappa shape index (κ2) is 7.96. The second-order valence-electron chi connectivity index (χ2n) is 5.73. The lowest BCUT2D eigenvalue weighted by Crippen LogP contribution is -2.55. The molecule has 20 heavy (non-hydrogen) atoms. The summed E-state index contributed by atoms with van der Waals surface area (Å²) in [6, 6.07) is 3.29. The highest BCUT2D eigenvalue weighted by atomic mass is 35.5. The lowest BCUT2D eigenvalue weighted by Gasteiger charge is -2.40. The minimum absolute atomic E-state index is 0.619. The van der Waals surface area contributed by atoms with Crippen LogP contribution in [0, 0.1) is 0 Å². The Morgan fingerprint density at radius 2 is 2.15 bits per heavy atom. The van der Waals surface area contributed by atoms with Crippen LogP contribution in [0.2, 0.25) is 5.02 Å². The molecule has 0 amide bonds. The van der Waals surface area contributed by atoms with E-state index < -0.39 is 0 Å². The zero-order valence-electron chi connectivity index (χ0n) is 12.6. The fourth-order valence-corrected chi connectivity index (χ4v) is 3.21. The van der Waals surface area contributed by atoms with E-state index in [4.69, 9.17) is 11.6 Å². The Morgan fingerprint density at radius 3 is 2.85 bits per heavy atom. The summed E-state index contributed by atoms with van der Waals surface area (Å²) in [5.41, 5.74) is 1.19. The van der Waals surface area contributed by atoms with Gasteiger partial charge in [0.25, 0.3) is 0 Å². The molecule has 1 saturated heterocycles. The Morgan fingerprint density at radius 1 is 1.35 bits per heavy atom. The molecule has 3 nitrogen and oxygen atoms in total. The summed E-state index contributed by atoms with van der Waals surface area (Å²) < 4.78 is 0. The van der Waals surface area contributed by atoms with Crippen molar-refractivity contribution in [3.05, 3.63) is 29.0 Å². The van der Waals surface area contributed by atoms with Crippen LogP contribution < -0.4 is 5.32 Å². The third-order valence-corrected chi connectivity index (χ3v) is 4.44. The number of pyridine rings is 1. The largest absolute Gasteiger partial charge is 0.311 e. The first-order valence-electron chi connectivity index (χ1n) is 7.80. The summed E-state index contributed by atoms with van der Waals surface area (Å²) in [4.78, 5) is 6.67. The van der Waals surface area contributed by atoms with Crippen LogP contribution in [0.4, 0.5) is 0 Å². The molecular weight excluding hydrogens is 270 g/mol. The summed E-state index contributed by atoms with van der Waals surface area (Å²) in [5.74, 6) is 0. The average Bonchev–Trinajstić information content (AvgIpc) is 2.45. The quantitative estimate of drug-likeness (QED) is 0.871. The minimum atomic E-state index is 0.619. The third kappa shape index (κ3) is 4.18. The van der Waals surface area contributed by atoms with Gasteiger partial charge >= 0.3 is 0 Å². The van der Waals surface area contributed by atoms with Crippen LogP contribution in [-0.4, -0.2) is 35.1 Å². The number of halogens is 1. The summed E-state index contributed by atoms with van der Waals surface area (Å²) in [6.07, 6.45) is 8.54. The molecule has 1 aliphatic rings. The van der Waals surface area contributed by atoms with E-state index in [2.05, 4.69) is 29.0 Å². The molecule has 2 atom stereocenters. The topological polar surface area (TPSA) is 28.2 Å². The summed E-state index contributed by atoms with van der Waals surface area (Å²) in [6.45, 7) is 7.67. The molecule has 0 aliphatic carbocycles. The van der Waals surface area contributed by atoms with Crippen LogP contribution in [0.3, 0.4) is 0 Å². The second-order valence-corrected chi connectivity index (χ2v) is 6.14. The average molecular weight is 296 g/mol. The van der Waals surface area contributed by atoms with Gasteiger partial charge < -0.3 is 5.32 Å². The Labute approximate surface area is 127 Å². The van der Waals surface area contributed by atoms with Crippen LogP contribution in [0.1, 0.15) is 45.1 Å². The van der Waals surface area contributed by atoms with E-state index in [1.165, 1.54) is 31.2 Å². The minimum Gasteiger partial charge on any atom is -0.311 e. The van der Waals surface area contributed by atoms with Gasteiger partial charge in [-0.1, -0.05) is 38.3 Å². The Hall–Kier alpha value is -0.640. The number of nitrogens with one attached hydrogen (secondary N) is 1. The lowest BCUT2D eigenvalue weighted by atomic mass is 10.0. The van der Waals surface area contributed by atoms with Crippen molar-refractivity contribution in [3.8, 4) is 0 Å². The van der Waals surface area contributed by atoms with E-state index in [1.807, 2.05) is 12.3 Å².